The van der Waals surface area contributed by atoms with Gasteiger partial charge in [0.05, 0.1) is 19.8 Å². The van der Waals surface area contributed by atoms with Crippen molar-refractivity contribution in [2.24, 2.45) is 0 Å². The largest absolute Gasteiger partial charge is 0.394 e. The van der Waals surface area contributed by atoms with E-state index in [1.807, 2.05) is 7.05 Å². The van der Waals surface area contributed by atoms with Crippen molar-refractivity contribution in [3.8, 4) is 0 Å². The highest BCUT2D eigenvalue weighted by Gasteiger charge is 2.21. The minimum atomic E-state index is 0.0701. The Morgan fingerprint density at radius 2 is 2.40 bits per heavy atom. The van der Waals surface area contributed by atoms with E-state index in [2.05, 4.69) is 5.32 Å². The van der Waals surface area contributed by atoms with Crippen molar-refractivity contribution in [3.63, 3.8) is 0 Å². The molecule has 1 saturated heterocycles. The molecule has 1 unspecified atom stereocenters. The lowest BCUT2D eigenvalue weighted by Crippen LogP contribution is -2.47. The molecule has 0 aromatic heterocycles. The van der Waals surface area contributed by atoms with E-state index in [4.69, 9.17) is 9.84 Å². The number of ether oxygens (including phenoxy) is 1. The Labute approximate surface area is 90.4 Å². The third-order valence-corrected chi connectivity index (χ3v) is 2.54. The number of piperidine rings is 1. The minimum Gasteiger partial charge on any atom is -0.394 e. The maximum atomic E-state index is 11.2. The quantitative estimate of drug-likeness (QED) is 0.571. The number of likely N-dealkylation sites (tertiary alicyclic amines) is 1. The van der Waals surface area contributed by atoms with Gasteiger partial charge in [-0.3, -0.25) is 4.79 Å². The second kappa shape index (κ2) is 6.76. The van der Waals surface area contributed by atoms with Crippen LogP contribution in [-0.2, 0) is 9.53 Å². The van der Waals surface area contributed by atoms with Crippen LogP contribution >= 0.6 is 0 Å². The van der Waals surface area contributed by atoms with Crippen LogP contribution in [0.25, 0.3) is 0 Å². The maximum Gasteiger partial charge on any atom is 0.222 e. The van der Waals surface area contributed by atoms with Gasteiger partial charge in [0, 0.05) is 32.6 Å². The monoisotopic (exact) mass is 216 g/mol. The second-order valence-corrected chi connectivity index (χ2v) is 3.80. The topological polar surface area (TPSA) is 61.8 Å². The molecule has 0 aromatic carbocycles. The van der Waals surface area contributed by atoms with Gasteiger partial charge in [0.25, 0.3) is 0 Å². The molecular weight excluding hydrogens is 196 g/mol. The minimum absolute atomic E-state index is 0.0701. The first-order valence-electron chi connectivity index (χ1n) is 5.40. The predicted molar refractivity (Wildman–Crippen MR) is 56.6 cm³/mol. The fourth-order valence-electron chi connectivity index (χ4n) is 1.68. The first kappa shape index (κ1) is 12.4. The van der Waals surface area contributed by atoms with Crippen LogP contribution in [0, 0.1) is 0 Å². The highest BCUT2D eigenvalue weighted by atomic mass is 16.5. The van der Waals surface area contributed by atoms with Crippen molar-refractivity contribution in [2.45, 2.75) is 18.9 Å². The van der Waals surface area contributed by atoms with E-state index in [9.17, 15) is 4.79 Å². The molecule has 1 fully saturated rings. The molecule has 1 amide bonds. The van der Waals surface area contributed by atoms with Gasteiger partial charge in [0.2, 0.25) is 5.91 Å². The number of nitrogens with one attached hydrogen (secondary N) is 1. The Bertz CT molecular complexity index is 199. The van der Waals surface area contributed by atoms with E-state index >= 15 is 0 Å². The Morgan fingerprint density at radius 3 is 3.07 bits per heavy atom. The molecule has 1 rings (SSSR count). The van der Waals surface area contributed by atoms with Gasteiger partial charge in [-0.2, -0.15) is 0 Å². The normalized spacial score (nSPS) is 22.1. The number of nitrogens with zero attached hydrogens (tertiary/aromatic N) is 1. The van der Waals surface area contributed by atoms with Crippen molar-refractivity contribution < 1.29 is 14.6 Å². The van der Waals surface area contributed by atoms with Crippen molar-refractivity contribution >= 4 is 5.91 Å². The first-order chi connectivity index (χ1) is 7.24. The summed E-state index contributed by atoms with van der Waals surface area (Å²) in [5.41, 5.74) is 0. The van der Waals surface area contributed by atoms with Crippen LogP contribution in [0.5, 0.6) is 0 Å². The predicted octanol–water partition coefficient (Wildman–Crippen LogP) is -0.794. The fraction of sp³-hybridized carbons (Fsp3) is 0.900. The first-order valence-corrected chi connectivity index (χ1v) is 5.40. The Kier molecular flexibility index (Phi) is 5.60. The smallest absolute Gasteiger partial charge is 0.222 e. The zero-order chi connectivity index (χ0) is 11.1. The summed E-state index contributed by atoms with van der Waals surface area (Å²) < 4.78 is 5.13. The van der Waals surface area contributed by atoms with Crippen LogP contribution in [0.3, 0.4) is 0 Å². The molecule has 1 heterocycles. The molecule has 0 radical (unpaired) electrons. The summed E-state index contributed by atoms with van der Waals surface area (Å²) in [5.74, 6) is 0.226. The Morgan fingerprint density at radius 1 is 1.60 bits per heavy atom. The number of aliphatic hydroxyl groups excluding tert-OH is 1. The van der Waals surface area contributed by atoms with E-state index < -0.39 is 0 Å². The Hall–Kier alpha value is -0.650. The Balaban J connectivity index is 2.04. The van der Waals surface area contributed by atoms with Crippen LogP contribution in [0.1, 0.15) is 12.8 Å². The molecule has 0 saturated carbocycles. The highest BCUT2D eigenvalue weighted by Crippen LogP contribution is 2.08. The molecule has 0 aromatic rings. The standard InChI is InChI=1S/C10H20N2O3/c1-12-8-9(2-3-10(12)14)11-4-6-15-7-5-13/h9,11,13H,2-8H2,1H3. The van der Waals surface area contributed by atoms with Crippen LogP contribution < -0.4 is 5.32 Å². The third kappa shape index (κ3) is 4.59. The number of carbonyl (C=O) groups is 1. The zero-order valence-electron chi connectivity index (χ0n) is 9.24. The van der Waals surface area contributed by atoms with E-state index in [1.165, 1.54) is 0 Å². The number of likely N-dealkylation sites (N-methyl/N-ethyl adjacent to an activating group) is 1. The summed E-state index contributed by atoms with van der Waals surface area (Å²) >= 11 is 0. The van der Waals surface area contributed by atoms with Crippen molar-refractivity contribution in [1.82, 2.24) is 10.2 Å². The number of aliphatic hydroxyl groups is 1. The van der Waals surface area contributed by atoms with Gasteiger partial charge in [-0.15, -0.1) is 0 Å². The molecule has 15 heavy (non-hydrogen) atoms. The zero-order valence-corrected chi connectivity index (χ0v) is 9.24. The van der Waals surface area contributed by atoms with E-state index in [-0.39, 0.29) is 12.5 Å². The molecule has 0 aliphatic carbocycles. The molecule has 2 N–H and O–H groups in total. The van der Waals surface area contributed by atoms with Crippen LogP contribution in [0.15, 0.2) is 0 Å². The van der Waals surface area contributed by atoms with Crippen LogP contribution in [-0.4, -0.2) is 61.9 Å². The summed E-state index contributed by atoms with van der Waals surface area (Å²) in [4.78, 5) is 13.0. The SMILES string of the molecule is CN1CC(NCCOCCO)CCC1=O. The van der Waals surface area contributed by atoms with E-state index in [1.54, 1.807) is 4.90 Å². The van der Waals surface area contributed by atoms with Crippen LogP contribution in [0.4, 0.5) is 0 Å². The van der Waals surface area contributed by atoms with E-state index in [0.29, 0.717) is 25.7 Å². The van der Waals surface area contributed by atoms with Crippen molar-refractivity contribution in [2.75, 3.05) is 40.0 Å². The lowest BCUT2D eigenvalue weighted by molar-refractivity contribution is -0.132. The molecule has 1 atom stereocenters. The van der Waals surface area contributed by atoms with Gasteiger partial charge < -0.3 is 20.1 Å². The summed E-state index contributed by atoms with van der Waals surface area (Å²) in [5, 5.41) is 11.8. The maximum absolute atomic E-state index is 11.2. The lowest BCUT2D eigenvalue weighted by atomic mass is 10.1. The number of hydrogen-bond acceptors (Lipinski definition) is 4. The lowest BCUT2D eigenvalue weighted by Gasteiger charge is -2.30. The molecular formula is C10H20N2O3. The average molecular weight is 216 g/mol. The summed E-state index contributed by atoms with van der Waals surface area (Å²) in [6.07, 6.45) is 1.54. The summed E-state index contributed by atoms with van der Waals surface area (Å²) in [7, 11) is 1.83. The van der Waals surface area contributed by atoms with Crippen molar-refractivity contribution in [1.29, 1.82) is 0 Å². The molecule has 88 valence electrons. The number of amides is 1. The fourth-order valence-corrected chi connectivity index (χ4v) is 1.68. The average Bonchev–Trinajstić information content (AvgIpc) is 2.23. The molecule has 0 bridgehead atoms. The number of carbonyl (C=O) groups excluding carboxylic acids is 1. The second-order valence-electron chi connectivity index (χ2n) is 3.80. The third-order valence-electron chi connectivity index (χ3n) is 2.54. The molecule has 1 aliphatic heterocycles. The van der Waals surface area contributed by atoms with Gasteiger partial charge in [-0.05, 0) is 6.42 Å². The summed E-state index contributed by atoms with van der Waals surface area (Å²) in [6.45, 7) is 2.62. The molecule has 5 heteroatoms. The molecule has 5 nitrogen and oxygen atoms in total. The number of hydrogen-bond donors (Lipinski definition) is 2. The van der Waals surface area contributed by atoms with Gasteiger partial charge in [0.15, 0.2) is 0 Å². The van der Waals surface area contributed by atoms with Gasteiger partial charge in [0.1, 0.15) is 0 Å². The van der Waals surface area contributed by atoms with Gasteiger partial charge >= 0.3 is 0 Å². The highest BCUT2D eigenvalue weighted by molar-refractivity contribution is 5.76. The van der Waals surface area contributed by atoms with Crippen molar-refractivity contribution in [3.05, 3.63) is 0 Å². The number of rotatable bonds is 6. The van der Waals surface area contributed by atoms with Gasteiger partial charge in [-0.1, -0.05) is 0 Å². The van der Waals surface area contributed by atoms with E-state index in [0.717, 1.165) is 19.5 Å². The molecule has 1 aliphatic rings. The van der Waals surface area contributed by atoms with Crippen LogP contribution in [0.2, 0.25) is 0 Å². The van der Waals surface area contributed by atoms with Gasteiger partial charge in [-0.25, -0.2) is 0 Å². The summed E-state index contributed by atoms with van der Waals surface area (Å²) in [6, 6.07) is 0.380. The molecule has 0 spiro atoms.